The van der Waals surface area contributed by atoms with E-state index < -0.39 is 48.3 Å². The number of nitrogens with zero attached hydrogens (tertiary/aromatic N) is 4. The van der Waals surface area contributed by atoms with Gasteiger partial charge in [0.05, 0.1) is 29.9 Å². The second-order valence-electron chi connectivity index (χ2n) is 7.67. The Labute approximate surface area is 202 Å². The van der Waals surface area contributed by atoms with Gasteiger partial charge in [0.1, 0.15) is 0 Å². The molecule has 36 heavy (non-hydrogen) atoms. The first-order valence-electron chi connectivity index (χ1n) is 10.4. The molecule has 16 heteroatoms. The van der Waals surface area contributed by atoms with Crippen molar-refractivity contribution < 1.29 is 29.4 Å². The predicted molar refractivity (Wildman–Crippen MR) is 120 cm³/mol. The maximum absolute atomic E-state index is 12.4. The van der Waals surface area contributed by atoms with Gasteiger partial charge in [-0.05, 0) is 37.1 Å². The molecule has 0 saturated carbocycles. The lowest BCUT2D eigenvalue weighted by Crippen LogP contribution is -2.52. The van der Waals surface area contributed by atoms with Gasteiger partial charge in [0.15, 0.2) is 11.5 Å². The Kier molecular flexibility index (Phi) is 7.78. The second-order valence-corrected chi connectivity index (χ2v) is 7.67. The number of nitrogen functional groups attached to an aromatic ring is 1. The van der Waals surface area contributed by atoms with Crippen LogP contribution in [0.5, 0.6) is 0 Å². The number of anilines is 4. The summed E-state index contributed by atoms with van der Waals surface area (Å²) in [6.45, 7) is -0.0232. The number of aliphatic carboxylic acids is 2. The summed E-state index contributed by atoms with van der Waals surface area (Å²) in [5, 5.41) is 30.6. The first kappa shape index (κ1) is 25.6. The molecule has 3 rings (SSSR count). The highest BCUT2D eigenvalue weighted by Gasteiger charge is 2.35. The fourth-order valence-corrected chi connectivity index (χ4v) is 3.54. The van der Waals surface area contributed by atoms with Crippen molar-refractivity contribution in [3.63, 3.8) is 0 Å². The van der Waals surface area contributed by atoms with E-state index in [0.717, 1.165) is 9.91 Å². The van der Waals surface area contributed by atoms with E-state index in [2.05, 4.69) is 25.9 Å². The number of hydrogen-bond donors (Lipinski definition) is 4. The van der Waals surface area contributed by atoms with Crippen molar-refractivity contribution in [1.29, 1.82) is 0 Å². The maximum atomic E-state index is 12.4. The van der Waals surface area contributed by atoms with Crippen LogP contribution in [0.25, 0.3) is 0 Å². The Hall–Kier alpha value is -5.02. The number of rotatable bonds is 11. The SMILES string of the molecule is Nc1nc2c(c(=O)[nH]1)N(C=O)[C@@H](CNc1ccc(C(=O)N[C@@H](CCC(=O)[O-])C(=O)[O-])cc1)CN2N=O. The van der Waals surface area contributed by atoms with Crippen molar-refractivity contribution in [2.75, 3.05) is 34.0 Å². The van der Waals surface area contributed by atoms with E-state index >= 15 is 0 Å². The number of H-pyrrole nitrogens is 1. The number of nitrogens with one attached hydrogen (secondary N) is 3. The van der Waals surface area contributed by atoms with E-state index in [4.69, 9.17) is 5.73 Å². The zero-order chi connectivity index (χ0) is 26.4. The molecule has 190 valence electrons. The summed E-state index contributed by atoms with van der Waals surface area (Å²) in [6.07, 6.45) is -0.551. The predicted octanol–water partition coefficient (Wildman–Crippen LogP) is -3.32. The number of aromatic nitrogens is 2. The van der Waals surface area contributed by atoms with Gasteiger partial charge < -0.3 is 41.1 Å². The van der Waals surface area contributed by atoms with Crippen LogP contribution >= 0.6 is 0 Å². The monoisotopic (exact) mass is 500 g/mol. The van der Waals surface area contributed by atoms with E-state index in [1.54, 1.807) is 0 Å². The fourth-order valence-electron chi connectivity index (χ4n) is 3.54. The van der Waals surface area contributed by atoms with Gasteiger partial charge >= 0.3 is 0 Å². The lowest BCUT2D eigenvalue weighted by molar-refractivity contribution is -0.309. The van der Waals surface area contributed by atoms with Crippen LogP contribution in [0, 0.1) is 4.91 Å². The fraction of sp³-hybridized carbons (Fsp3) is 0.300. The number of benzene rings is 1. The molecule has 1 aromatic heterocycles. The maximum Gasteiger partial charge on any atom is 0.278 e. The third-order valence-electron chi connectivity index (χ3n) is 5.30. The molecule has 2 atom stereocenters. The van der Waals surface area contributed by atoms with Crippen LogP contribution in [0.1, 0.15) is 23.2 Å². The van der Waals surface area contributed by atoms with E-state index in [0.29, 0.717) is 12.1 Å². The number of carboxylic acids is 2. The average Bonchev–Trinajstić information content (AvgIpc) is 2.84. The van der Waals surface area contributed by atoms with Crippen molar-refractivity contribution >= 4 is 47.4 Å². The Morgan fingerprint density at radius 1 is 1.28 bits per heavy atom. The van der Waals surface area contributed by atoms with Crippen LogP contribution < -0.4 is 42.0 Å². The van der Waals surface area contributed by atoms with E-state index in [1.807, 2.05) is 0 Å². The zero-order valence-electron chi connectivity index (χ0n) is 18.5. The molecule has 0 aliphatic carbocycles. The first-order chi connectivity index (χ1) is 17.1. The molecule has 1 aliphatic heterocycles. The van der Waals surface area contributed by atoms with Gasteiger partial charge in [0, 0.05) is 23.8 Å². The number of amides is 2. The molecule has 2 heterocycles. The highest BCUT2D eigenvalue weighted by Crippen LogP contribution is 2.30. The topological polar surface area (TPSA) is 246 Å². The molecule has 0 unspecified atom stereocenters. The third-order valence-corrected chi connectivity index (χ3v) is 5.30. The summed E-state index contributed by atoms with van der Waals surface area (Å²) < 4.78 is 0. The van der Waals surface area contributed by atoms with Gasteiger partial charge in [0.2, 0.25) is 12.4 Å². The van der Waals surface area contributed by atoms with Crippen molar-refractivity contribution in [1.82, 2.24) is 15.3 Å². The summed E-state index contributed by atoms with van der Waals surface area (Å²) >= 11 is 0. The normalized spacial score (nSPS) is 15.4. The highest BCUT2D eigenvalue weighted by atomic mass is 16.4. The molecule has 0 fully saturated rings. The van der Waals surface area contributed by atoms with Crippen LogP contribution in [0.2, 0.25) is 0 Å². The Morgan fingerprint density at radius 2 is 1.97 bits per heavy atom. The minimum Gasteiger partial charge on any atom is -0.550 e. The summed E-state index contributed by atoms with van der Waals surface area (Å²) in [6, 6.07) is 3.53. The number of fused-ring (bicyclic) bond motifs is 1. The number of carbonyl (C=O) groups is 4. The van der Waals surface area contributed by atoms with Crippen molar-refractivity contribution in [2.24, 2.45) is 5.29 Å². The lowest BCUT2D eigenvalue weighted by Gasteiger charge is -2.36. The number of hydrogen-bond acceptors (Lipinski definition) is 12. The molecule has 0 bridgehead atoms. The molecule has 2 aromatic rings. The van der Waals surface area contributed by atoms with Crippen LogP contribution in [0.3, 0.4) is 0 Å². The Morgan fingerprint density at radius 3 is 2.56 bits per heavy atom. The van der Waals surface area contributed by atoms with E-state index in [9.17, 15) is 39.1 Å². The van der Waals surface area contributed by atoms with Crippen LogP contribution in [0.4, 0.5) is 23.1 Å². The van der Waals surface area contributed by atoms with Gasteiger partial charge in [-0.15, -0.1) is 4.91 Å². The number of aromatic amines is 1. The summed E-state index contributed by atoms with van der Waals surface area (Å²) in [4.78, 5) is 76.6. The average molecular weight is 500 g/mol. The van der Waals surface area contributed by atoms with Gasteiger partial charge in [-0.3, -0.25) is 19.4 Å². The van der Waals surface area contributed by atoms with Gasteiger partial charge in [-0.25, -0.2) is 5.01 Å². The number of nitrogens with two attached hydrogens (primary N) is 1. The zero-order valence-corrected chi connectivity index (χ0v) is 18.5. The van der Waals surface area contributed by atoms with Crippen molar-refractivity contribution in [3.05, 3.63) is 45.1 Å². The molecular weight excluding hydrogens is 480 g/mol. The van der Waals surface area contributed by atoms with Crippen LogP contribution in [-0.2, 0) is 14.4 Å². The van der Waals surface area contributed by atoms with Gasteiger partial charge in [0.25, 0.3) is 11.5 Å². The minimum atomic E-state index is -1.63. The third kappa shape index (κ3) is 5.72. The number of nitroso groups, excluding NO2 is 1. The summed E-state index contributed by atoms with van der Waals surface area (Å²) in [7, 11) is 0. The molecule has 0 spiro atoms. The van der Waals surface area contributed by atoms with E-state index in [-0.39, 0.29) is 36.1 Å². The molecule has 2 amide bonds. The van der Waals surface area contributed by atoms with Gasteiger partial charge in [-0.2, -0.15) is 4.98 Å². The second kappa shape index (κ2) is 10.9. The molecule has 5 N–H and O–H groups in total. The molecule has 1 aliphatic rings. The van der Waals surface area contributed by atoms with Crippen molar-refractivity contribution in [2.45, 2.75) is 24.9 Å². The van der Waals surface area contributed by atoms with Crippen LogP contribution in [0.15, 0.2) is 34.3 Å². The van der Waals surface area contributed by atoms with Crippen LogP contribution in [-0.4, -0.2) is 59.4 Å². The first-order valence-corrected chi connectivity index (χ1v) is 10.4. The molecular formula is C20H20N8O8-2. The summed E-state index contributed by atoms with van der Waals surface area (Å²) in [5.74, 6) is -4.25. The van der Waals surface area contributed by atoms with E-state index in [1.165, 1.54) is 24.3 Å². The Bertz CT molecular complexity index is 1230. The van der Waals surface area contributed by atoms with Gasteiger partial charge in [-0.1, -0.05) is 0 Å². The smallest absolute Gasteiger partial charge is 0.278 e. The molecule has 0 saturated heterocycles. The summed E-state index contributed by atoms with van der Waals surface area (Å²) in [5.41, 5.74) is 5.18. The quantitative estimate of drug-likeness (QED) is 0.175. The largest absolute Gasteiger partial charge is 0.550 e. The molecule has 0 radical (unpaired) electrons. The standard InChI is InChI=1S/C20H22N8O8/c21-20-24-16-15(18(33)25-20)27(9-29)12(8-28(16)26-36)7-22-11-3-1-10(2-4-11)17(32)23-13(19(34)35)5-6-14(30)31/h1-4,9,12-13,22H,5-8H2,(H,23,32)(H,30,31)(H,34,35)(H3,21,24,25,33)/p-2/t12-,13-/m0/s1. The minimum absolute atomic E-state index is 0.0650. The molecule has 16 nitrogen and oxygen atoms in total. The highest BCUT2D eigenvalue weighted by molar-refractivity contribution is 5.96. The van der Waals surface area contributed by atoms with Crippen molar-refractivity contribution in [3.8, 4) is 0 Å². The lowest BCUT2D eigenvalue weighted by atomic mass is 10.1. The number of carboxylic acid groups (broad SMARTS) is 2. The molecule has 1 aromatic carbocycles. The number of carbonyl (C=O) groups excluding carboxylic acids is 4. The Balaban J connectivity index is 1.68.